The highest BCUT2D eigenvalue weighted by Gasteiger charge is 2.39. The Hall–Kier alpha value is -1.62. The van der Waals surface area contributed by atoms with Gasteiger partial charge in [-0.3, -0.25) is 4.98 Å². The molecule has 1 unspecified atom stereocenters. The second kappa shape index (κ2) is 4.81. The van der Waals surface area contributed by atoms with Gasteiger partial charge >= 0.3 is 6.09 Å². The van der Waals surface area contributed by atoms with Crippen molar-refractivity contribution in [1.82, 2.24) is 9.88 Å². The first-order valence-corrected chi connectivity index (χ1v) is 6.47. The first-order chi connectivity index (χ1) is 8.80. The third-order valence-corrected chi connectivity index (χ3v) is 3.21. The number of pyridine rings is 1. The van der Waals surface area contributed by atoms with Gasteiger partial charge in [0.05, 0.1) is 5.54 Å². The van der Waals surface area contributed by atoms with Gasteiger partial charge in [-0.2, -0.15) is 0 Å². The number of rotatable bonds is 1. The van der Waals surface area contributed by atoms with Gasteiger partial charge in [-0.05, 0) is 44.9 Å². The Balaban J connectivity index is 2.06. The molecule has 0 aromatic carbocycles. The van der Waals surface area contributed by atoms with Crippen LogP contribution in [0.4, 0.5) is 4.79 Å². The van der Waals surface area contributed by atoms with E-state index in [0.717, 1.165) is 12.0 Å². The predicted octanol–water partition coefficient (Wildman–Crippen LogP) is 1.88. The van der Waals surface area contributed by atoms with Crippen molar-refractivity contribution in [3.05, 3.63) is 30.1 Å². The topological polar surface area (TPSA) is 68.5 Å². The van der Waals surface area contributed by atoms with E-state index in [0.29, 0.717) is 13.1 Å². The Bertz CT molecular complexity index is 456. The van der Waals surface area contributed by atoms with Gasteiger partial charge in [0.15, 0.2) is 0 Å². The van der Waals surface area contributed by atoms with Crippen LogP contribution in [0.5, 0.6) is 0 Å². The highest BCUT2D eigenvalue weighted by atomic mass is 16.6. The number of hydrogen-bond acceptors (Lipinski definition) is 4. The fourth-order valence-electron chi connectivity index (χ4n) is 2.23. The fourth-order valence-corrected chi connectivity index (χ4v) is 2.23. The molecule has 1 aliphatic heterocycles. The quantitative estimate of drug-likeness (QED) is 0.840. The van der Waals surface area contributed by atoms with Crippen molar-refractivity contribution in [2.45, 2.75) is 38.3 Å². The fraction of sp³-hybridized carbons (Fsp3) is 0.571. The molecular weight excluding hydrogens is 242 g/mol. The maximum atomic E-state index is 12.0. The molecule has 0 radical (unpaired) electrons. The number of amides is 1. The van der Waals surface area contributed by atoms with E-state index >= 15 is 0 Å². The zero-order chi connectivity index (χ0) is 14.1. The maximum Gasteiger partial charge on any atom is 0.410 e. The smallest absolute Gasteiger partial charge is 0.410 e. The molecule has 5 nitrogen and oxygen atoms in total. The number of aromatic nitrogens is 1. The molecule has 19 heavy (non-hydrogen) atoms. The van der Waals surface area contributed by atoms with E-state index in [2.05, 4.69) is 4.98 Å². The van der Waals surface area contributed by atoms with E-state index in [1.807, 2.05) is 32.9 Å². The molecule has 0 bridgehead atoms. The lowest BCUT2D eigenvalue weighted by Crippen LogP contribution is -2.42. The van der Waals surface area contributed by atoms with Crippen LogP contribution in [0.15, 0.2) is 24.5 Å². The van der Waals surface area contributed by atoms with Crippen molar-refractivity contribution in [3.63, 3.8) is 0 Å². The predicted molar refractivity (Wildman–Crippen MR) is 72.5 cm³/mol. The van der Waals surface area contributed by atoms with Crippen molar-refractivity contribution in [3.8, 4) is 0 Å². The van der Waals surface area contributed by atoms with Crippen LogP contribution < -0.4 is 5.73 Å². The average molecular weight is 263 g/mol. The summed E-state index contributed by atoms with van der Waals surface area (Å²) in [5.41, 5.74) is 6.42. The molecule has 5 heteroatoms. The molecular formula is C14H21N3O2. The van der Waals surface area contributed by atoms with Gasteiger partial charge in [-0.15, -0.1) is 0 Å². The Kier molecular flexibility index (Phi) is 3.49. The normalized spacial score (nSPS) is 23.5. The minimum Gasteiger partial charge on any atom is -0.444 e. The molecule has 1 atom stereocenters. The van der Waals surface area contributed by atoms with Crippen LogP contribution in [0.1, 0.15) is 32.8 Å². The molecule has 2 heterocycles. The van der Waals surface area contributed by atoms with Gasteiger partial charge in [-0.1, -0.05) is 0 Å². The summed E-state index contributed by atoms with van der Waals surface area (Å²) in [6, 6.07) is 3.80. The first-order valence-electron chi connectivity index (χ1n) is 6.47. The number of carbonyl (C=O) groups is 1. The molecule has 0 aliphatic carbocycles. The molecule has 2 rings (SSSR count). The minimum atomic E-state index is -0.500. The Morgan fingerprint density at radius 2 is 2.05 bits per heavy atom. The van der Waals surface area contributed by atoms with E-state index in [9.17, 15) is 4.79 Å². The van der Waals surface area contributed by atoms with Crippen LogP contribution in [0.3, 0.4) is 0 Å². The summed E-state index contributed by atoms with van der Waals surface area (Å²) >= 11 is 0. The molecule has 1 aromatic heterocycles. The SMILES string of the molecule is CC(C)(C)OC(=O)N1CCC(N)(c2ccncc2)C1. The van der Waals surface area contributed by atoms with Crippen LogP contribution in [0, 0.1) is 0 Å². The van der Waals surface area contributed by atoms with Crippen molar-refractivity contribution in [2.75, 3.05) is 13.1 Å². The van der Waals surface area contributed by atoms with Gasteiger partial charge in [0.2, 0.25) is 0 Å². The highest BCUT2D eigenvalue weighted by molar-refractivity contribution is 5.68. The molecule has 0 spiro atoms. The average Bonchev–Trinajstić information content (AvgIpc) is 2.73. The van der Waals surface area contributed by atoms with E-state index in [4.69, 9.17) is 10.5 Å². The number of carbonyl (C=O) groups excluding carboxylic acids is 1. The van der Waals surface area contributed by atoms with Gasteiger partial charge in [-0.25, -0.2) is 4.79 Å². The van der Waals surface area contributed by atoms with Gasteiger partial charge in [0, 0.05) is 25.5 Å². The summed E-state index contributed by atoms with van der Waals surface area (Å²) in [5, 5.41) is 0. The summed E-state index contributed by atoms with van der Waals surface area (Å²) in [5.74, 6) is 0. The number of ether oxygens (including phenoxy) is 1. The molecule has 1 fully saturated rings. The van der Waals surface area contributed by atoms with Crippen molar-refractivity contribution >= 4 is 6.09 Å². The van der Waals surface area contributed by atoms with Crippen molar-refractivity contribution < 1.29 is 9.53 Å². The van der Waals surface area contributed by atoms with Gasteiger partial charge in [0.1, 0.15) is 5.60 Å². The van der Waals surface area contributed by atoms with Crippen LogP contribution in [-0.2, 0) is 10.3 Å². The Morgan fingerprint density at radius 1 is 1.42 bits per heavy atom. The maximum absolute atomic E-state index is 12.0. The Morgan fingerprint density at radius 3 is 2.63 bits per heavy atom. The third-order valence-electron chi connectivity index (χ3n) is 3.21. The number of likely N-dealkylation sites (tertiary alicyclic amines) is 1. The summed E-state index contributed by atoms with van der Waals surface area (Å²) in [6.45, 7) is 6.68. The van der Waals surface area contributed by atoms with E-state index in [-0.39, 0.29) is 6.09 Å². The van der Waals surface area contributed by atoms with Crippen LogP contribution in [0.2, 0.25) is 0 Å². The summed E-state index contributed by atoms with van der Waals surface area (Å²) in [6.07, 6.45) is 3.88. The number of nitrogens with zero attached hydrogens (tertiary/aromatic N) is 2. The van der Waals surface area contributed by atoms with Crippen LogP contribution in [0.25, 0.3) is 0 Å². The molecule has 1 aromatic rings. The summed E-state index contributed by atoms with van der Waals surface area (Å²) in [7, 11) is 0. The molecule has 1 amide bonds. The van der Waals surface area contributed by atoms with E-state index in [1.165, 1.54) is 0 Å². The van der Waals surface area contributed by atoms with Gasteiger partial charge < -0.3 is 15.4 Å². The summed E-state index contributed by atoms with van der Waals surface area (Å²) in [4.78, 5) is 17.7. The zero-order valence-corrected chi connectivity index (χ0v) is 11.7. The second-order valence-corrected chi connectivity index (χ2v) is 6.04. The van der Waals surface area contributed by atoms with Crippen molar-refractivity contribution in [2.24, 2.45) is 5.73 Å². The van der Waals surface area contributed by atoms with Gasteiger partial charge in [0.25, 0.3) is 0 Å². The second-order valence-electron chi connectivity index (χ2n) is 6.04. The molecule has 1 saturated heterocycles. The molecule has 2 N–H and O–H groups in total. The van der Waals surface area contributed by atoms with E-state index < -0.39 is 11.1 Å². The molecule has 0 saturated carbocycles. The van der Waals surface area contributed by atoms with E-state index in [1.54, 1.807) is 17.3 Å². The Labute approximate surface area is 113 Å². The first kappa shape index (κ1) is 13.8. The standard InChI is InChI=1S/C14H21N3O2/c1-13(2,3)19-12(18)17-9-6-14(15,10-17)11-4-7-16-8-5-11/h4-5,7-8H,6,9-10,15H2,1-3H3. The lowest BCUT2D eigenvalue weighted by molar-refractivity contribution is 0.0284. The summed E-state index contributed by atoms with van der Waals surface area (Å²) < 4.78 is 5.37. The lowest BCUT2D eigenvalue weighted by Gasteiger charge is -2.27. The highest BCUT2D eigenvalue weighted by Crippen LogP contribution is 2.29. The van der Waals surface area contributed by atoms with Crippen LogP contribution in [-0.4, -0.2) is 34.7 Å². The van der Waals surface area contributed by atoms with Crippen LogP contribution >= 0.6 is 0 Å². The molecule has 1 aliphatic rings. The van der Waals surface area contributed by atoms with Crippen molar-refractivity contribution in [1.29, 1.82) is 0 Å². The zero-order valence-electron chi connectivity index (χ0n) is 11.7. The molecule has 104 valence electrons. The third kappa shape index (κ3) is 3.23. The minimum absolute atomic E-state index is 0.297. The lowest BCUT2D eigenvalue weighted by atomic mass is 9.91. The monoisotopic (exact) mass is 263 g/mol. The largest absolute Gasteiger partial charge is 0.444 e. The number of nitrogens with two attached hydrogens (primary N) is 1. The number of hydrogen-bond donors (Lipinski definition) is 1.